The summed E-state index contributed by atoms with van der Waals surface area (Å²) in [5.74, 6) is 0. The van der Waals surface area contributed by atoms with Gasteiger partial charge < -0.3 is 9.80 Å². The Morgan fingerprint density at radius 2 is 2.00 bits per heavy atom. The van der Waals surface area contributed by atoms with E-state index in [-0.39, 0.29) is 5.24 Å². The summed E-state index contributed by atoms with van der Waals surface area (Å²) in [5, 5.41) is -0.380. The van der Waals surface area contributed by atoms with Gasteiger partial charge in [0.25, 0.3) is 5.24 Å². The molecule has 0 spiro atoms. The Morgan fingerprint density at radius 1 is 1.22 bits per heavy atom. The highest BCUT2D eigenvalue weighted by Crippen LogP contribution is 2.21. The van der Waals surface area contributed by atoms with Crippen molar-refractivity contribution >= 4 is 22.5 Å². The number of aryl methyl sites for hydroxylation is 1. The van der Waals surface area contributed by atoms with Gasteiger partial charge in [-0.25, -0.2) is 0 Å². The Labute approximate surface area is 113 Å². The first-order valence-corrected chi connectivity index (χ1v) is 6.69. The van der Waals surface area contributed by atoms with Crippen LogP contribution in [-0.2, 0) is 0 Å². The van der Waals surface area contributed by atoms with Crippen molar-refractivity contribution < 1.29 is 4.79 Å². The van der Waals surface area contributed by atoms with E-state index in [4.69, 9.17) is 11.6 Å². The fourth-order valence-corrected chi connectivity index (χ4v) is 2.58. The van der Waals surface area contributed by atoms with Crippen LogP contribution in [0.4, 0.5) is 5.69 Å². The van der Waals surface area contributed by atoms with Crippen molar-refractivity contribution in [2.24, 2.45) is 0 Å². The lowest BCUT2D eigenvalue weighted by molar-refractivity contribution is 0.108. The molecule has 0 amide bonds. The van der Waals surface area contributed by atoms with Crippen LogP contribution in [0.15, 0.2) is 18.2 Å². The van der Waals surface area contributed by atoms with Crippen LogP contribution in [0.1, 0.15) is 22.3 Å². The van der Waals surface area contributed by atoms with Gasteiger partial charge in [-0.3, -0.25) is 4.79 Å². The van der Waals surface area contributed by atoms with Crippen molar-refractivity contribution in [3.05, 3.63) is 29.3 Å². The molecule has 2 rings (SSSR count). The van der Waals surface area contributed by atoms with Gasteiger partial charge in [-0.15, -0.1) is 0 Å². The van der Waals surface area contributed by atoms with E-state index in [0.29, 0.717) is 5.56 Å². The zero-order valence-electron chi connectivity index (χ0n) is 10.9. The third kappa shape index (κ3) is 3.03. The predicted octanol–water partition coefficient (Wildman–Crippen LogP) is 2.52. The van der Waals surface area contributed by atoms with E-state index in [2.05, 4.69) is 22.9 Å². The molecule has 98 valence electrons. The zero-order chi connectivity index (χ0) is 13.1. The van der Waals surface area contributed by atoms with Gasteiger partial charge in [0.1, 0.15) is 0 Å². The molecule has 0 aromatic heterocycles. The fraction of sp³-hybridized carbons (Fsp3) is 0.500. The molecule has 4 heteroatoms. The lowest BCUT2D eigenvalue weighted by Gasteiger charge is -2.23. The summed E-state index contributed by atoms with van der Waals surface area (Å²) < 4.78 is 0. The van der Waals surface area contributed by atoms with E-state index in [1.807, 2.05) is 19.1 Å². The Balaban J connectivity index is 2.18. The molecule has 1 aliphatic heterocycles. The predicted molar refractivity (Wildman–Crippen MR) is 75.7 cm³/mol. The smallest absolute Gasteiger partial charge is 0.252 e. The van der Waals surface area contributed by atoms with E-state index < -0.39 is 0 Å². The summed E-state index contributed by atoms with van der Waals surface area (Å²) in [5.41, 5.74) is 2.74. The van der Waals surface area contributed by atoms with Crippen LogP contribution < -0.4 is 4.90 Å². The largest absolute Gasteiger partial charge is 0.370 e. The number of nitrogens with zero attached hydrogens (tertiary/aromatic N) is 2. The summed E-state index contributed by atoms with van der Waals surface area (Å²) in [7, 11) is 2.16. The van der Waals surface area contributed by atoms with E-state index in [1.165, 1.54) is 12.1 Å². The highest BCUT2D eigenvalue weighted by molar-refractivity contribution is 6.67. The average Bonchev–Trinajstić information content (AvgIpc) is 2.53. The lowest BCUT2D eigenvalue weighted by atomic mass is 10.1. The molecule has 1 aliphatic rings. The van der Waals surface area contributed by atoms with E-state index in [1.54, 1.807) is 0 Å². The average molecular weight is 267 g/mol. The number of likely N-dealkylation sites (N-methyl/N-ethyl adjacent to an activating group) is 1. The van der Waals surface area contributed by atoms with Crippen LogP contribution >= 0.6 is 11.6 Å². The van der Waals surface area contributed by atoms with Crippen molar-refractivity contribution in [3.63, 3.8) is 0 Å². The number of halogens is 1. The summed E-state index contributed by atoms with van der Waals surface area (Å²) >= 11 is 5.53. The third-order valence-corrected chi connectivity index (χ3v) is 3.71. The third-order valence-electron chi connectivity index (χ3n) is 3.51. The fourth-order valence-electron chi connectivity index (χ4n) is 2.37. The molecule has 1 fully saturated rings. The van der Waals surface area contributed by atoms with Gasteiger partial charge in [0.05, 0.1) is 0 Å². The monoisotopic (exact) mass is 266 g/mol. The number of carbonyl (C=O) groups excluding carboxylic acids is 1. The number of hydrogen-bond donors (Lipinski definition) is 0. The molecule has 0 saturated carbocycles. The van der Waals surface area contributed by atoms with Crippen LogP contribution in [0.3, 0.4) is 0 Å². The quantitative estimate of drug-likeness (QED) is 0.769. The van der Waals surface area contributed by atoms with Crippen LogP contribution in [0.5, 0.6) is 0 Å². The topological polar surface area (TPSA) is 23.6 Å². The molecule has 1 saturated heterocycles. The van der Waals surface area contributed by atoms with E-state index >= 15 is 0 Å². The number of hydrogen-bond acceptors (Lipinski definition) is 3. The SMILES string of the molecule is Cc1cc(N2CCCN(C)CC2)ccc1C(=O)Cl. The van der Waals surface area contributed by atoms with Crippen molar-refractivity contribution in [3.8, 4) is 0 Å². The molecule has 0 unspecified atom stereocenters. The van der Waals surface area contributed by atoms with Gasteiger partial charge in [0, 0.05) is 30.9 Å². The van der Waals surface area contributed by atoms with Crippen molar-refractivity contribution in [1.29, 1.82) is 0 Å². The number of rotatable bonds is 2. The van der Waals surface area contributed by atoms with E-state index in [0.717, 1.165) is 31.7 Å². The van der Waals surface area contributed by atoms with Gasteiger partial charge in [0.2, 0.25) is 0 Å². The minimum absolute atomic E-state index is 0.380. The first-order chi connectivity index (χ1) is 8.58. The normalized spacial score (nSPS) is 17.6. The number of carbonyl (C=O) groups is 1. The van der Waals surface area contributed by atoms with Crippen LogP contribution in [0.25, 0.3) is 0 Å². The first kappa shape index (κ1) is 13.4. The van der Waals surface area contributed by atoms with Gasteiger partial charge in [0.15, 0.2) is 0 Å². The summed E-state index contributed by atoms with van der Waals surface area (Å²) in [6.07, 6.45) is 1.17. The molecule has 0 bridgehead atoms. The highest BCUT2D eigenvalue weighted by atomic mass is 35.5. The Kier molecular flexibility index (Phi) is 4.25. The standard InChI is InChI=1S/C14H19ClN2O/c1-11-10-12(4-5-13(11)14(15)18)17-7-3-6-16(2)8-9-17/h4-5,10H,3,6-9H2,1-2H3. The molecule has 1 aromatic rings. The number of benzene rings is 1. The summed E-state index contributed by atoms with van der Waals surface area (Å²) in [6.45, 7) is 6.26. The molecule has 0 radical (unpaired) electrons. The Hall–Kier alpha value is -1.06. The molecule has 3 nitrogen and oxygen atoms in total. The Morgan fingerprint density at radius 3 is 2.67 bits per heavy atom. The maximum atomic E-state index is 11.2. The van der Waals surface area contributed by atoms with Crippen LogP contribution in [-0.4, -0.2) is 43.4 Å². The van der Waals surface area contributed by atoms with Gasteiger partial charge >= 0.3 is 0 Å². The van der Waals surface area contributed by atoms with Crippen molar-refractivity contribution in [1.82, 2.24) is 4.90 Å². The minimum Gasteiger partial charge on any atom is -0.370 e. The molecule has 0 N–H and O–H groups in total. The zero-order valence-corrected chi connectivity index (χ0v) is 11.7. The Bertz CT molecular complexity index is 447. The van der Waals surface area contributed by atoms with Gasteiger partial charge in [-0.1, -0.05) is 0 Å². The maximum Gasteiger partial charge on any atom is 0.252 e. The van der Waals surface area contributed by atoms with Gasteiger partial charge in [-0.05, 0) is 62.3 Å². The van der Waals surface area contributed by atoms with E-state index in [9.17, 15) is 4.79 Å². The van der Waals surface area contributed by atoms with Gasteiger partial charge in [-0.2, -0.15) is 0 Å². The lowest BCUT2D eigenvalue weighted by Crippen LogP contribution is -2.28. The van der Waals surface area contributed by atoms with Crippen molar-refractivity contribution in [2.75, 3.05) is 38.1 Å². The van der Waals surface area contributed by atoms with Crippen LogP contribution in [0, 0.1) is 6.92 Å². The first-order valence-electron chi connectivity index (χ1n) is 6.32. The minimum atomic E-state index is -0.380. The number of anilines is 1. The molecule has 0 atom stereocenters. The second-order valence-electron chi connectivity index (χ2n) is 4.92. The molecule has 18 heavy (non-hydrogen) atoms. The molecule has 1 aromatic carbocycles. The second kappa shape index (κ2) is 5.72. The van der Waals surface area contributed by atoms with Crippen LogP contribution in [0.2, 0.25) is 0 Å². The van der Waals surface area contributed by atoms with Crippen molar-refractivity contribution in [2.45, 2.75) is 13.3 Å². The molecular formula is C14H19ClN2O. The highest BCUT2D eigenvalue weighted by Gasteiger charge is 2.14. The summed E-state index contributed by atoms with van der Waals surface area (Å²) in [6, 6.07) is 5.88. The maximum absolute atomic E-state index is 11.2. The summed E-state index contributed by atoms with van der Waals surface area (Å²) in [4.78, 5) is 15.9. The molecule has 0 aliphatic carbocycles. The second-order valence-corrected chi connectivity index (χ2v) is 5.26. The molecule has 1 heterocycles. The molecular weight excluding hydrogens is 248 g/mol.